The number of nitrogens with one attached hydrogen (secondary N) is 1. The summed E-state index contributed by atoms with van der Waals surface area (Å²) in [5.74, 6) is 0.593. The number of hydrogen-bond acceptors (Lipinski definition) is 2. The van der Waals surface area contributed by atoms with Crippen LogP contribution in [0.25, 0.3) is 6.08 Å². The molecule has 0 heterocycles. The van der Waals surface area contributed by atoms with Crippen molar-refractivity contribution in [3.63, 3.8) is 0 Å². The standard InChI is InChI=1S/C17H19NO3/c19-16(20)7-5-11-2-1-3-14(9-11)18-17(21)15-10-12-4-6-13(15)8-12/h1-3,5,7,9,12-13,15H,4,6,8,10H2,(H,18,21)(H,19,20). The van der Waals surface area contributed by atoms with Gasteiger partial charge in [-0.05, 0) is 54.9 Å². The van der Waals surface area contributed by atoms with Gasteiger partial charge < -0.3 is 10.4 Å². The van der Waals surface area contributed by atoms with Crippen LogP contribution in [-0.4, -0.2) is 17.0 Å². The summed E-state index contributed by atoms with van der Waals surface area (Å²) in [6, 6.07) is 7.26. The first-order valence-corrected chi connectivity index (χ1v) is 7.44. The van der Waals surface area contributed by atoms with Gasteiger partial charge in [0.1, 0.15) is 0 Å². The monoisotopic (exact) mass is 285 g/mol. The van der Waals surface area contributed by atoms with Gasteiger partial charge in [-0.25, -0.2) is 4.79 Å². The molecule has 4 heteroatoms. The highest BCUT2D eigenvalue weighted by Crippen LogP contribution is 2.48. The van der Waals surface area contributed by atoms with E-state index in [-0.39, 0.29) is 11.8 Å². The predicted molar refractivity (Wildman–Crippen MR) is 80.7 cm³/mol. The molecule has 2 aliphatic carbocycles. The summed E-state index contributed by atoms with van der Waals surface area (Å²) < 4.78 is 0. The topological polar surface area (TPSA) is 66.4 Å². The molecule has 2 bridgehead atoms. The molecule has 1 amide bonds. The summed E-state index contributed by atoms with van der Waals surface area (Å²) in [5, 5.41) is 11.6. The average Bonchev–Trinajstić information content (AvgIpc) is 3.08. The van der Waals surface area contributed by atoms with Gasteiger partial charge in [0.2, 0.25) is 5.91 Å². The van der Waals surface area contributed by atoms with Crippen LogP contribution in [0.2, 0.25) is 0 Å². The minimum Gasteiger partial charge on any atom is -0.478 e. The van der Waals surface area contributed by atoms with Gasteiger partial charge in [-0.15, -0.1) is 0 Å². The van der Waals surface area contributed by atoms with Crippen LogP contribution in [-0.2, 0) is 9.59 Å². The van der Waals surface area contributed by atoms with E-state index in [4.69, 9.17) is 5.11 Å². The lowest BCUT2D eigenvalue weighted by atomic mass is 9.88. The van der Waals surface area contributed by atoms with Gasteiger partial charge >= 0.3 is 5.97 Å². The van der Waals surface area contributed by atoms with Gasteiger partial charge in [0.15, 0.2) is 0 Å². The third-order valence-electron chi connectivity index (χ3n) is 4.65. The molecule has 0 aromatic heterocycles. The third-order valence-corrected chi connectivity index (χ3v) is 4.65. The zero-order valence-corrected chi connectivity index (χ0v) is 11.8. The first kappa shape index (κ1) is 13.9. The van der Waals surface area contributed by atoms with E-state index in [1.165, 1.54) is 25.3 Å². The minimum absolute atomic E-state index is 0.113. The van der Waals surface area contributed by atoms with Crippen molar-refractivity contribution in [2.24, 2.45) is 17.8 Å². The van der Waals surface area contributed by atoms with Gasteiger partial charge in [0.25, 0.3) is 0 Å². The molecular weight excluding hydrogens is 266 g/mol. The van der Waals surface area contributed by atoms with Crippen molar-refractivity contribution in [2.45, 2.75) is 25.7 Å². The normalized spacial score (nSPS) is 27.1. The van der Waals surface area contributed by atoms with Crippen molar-refractivity contribution >= 4 is 23.6 Å². The van der Waals surface area contributed by atoms with Crippen LogP contribution in [0.3, 0.4) is 0 Å². The maximum atomic E-state index is 12.4. The smallest absolute Gasteiger partial charge is 0.328 e. The van der Waals surface area contributed by atoms with Gasteiger partial charge in [-0.3, -0.25) is 4.79 Å². The Morgan fingerprint density at radius 2 is 2.10 bits per heavy atom. The lowest BCUT2D eigenvalue weighted by Gasteiger charge is -2.20. The lowest BCUT2D eigenvalue weighted by Crippen LogP contribution is -2.27. The van der Waals surface area contributed by atoms with Crippen LogP contribution in [0, 0.1) is 17.8 Å². The molecule has 0 radical (unpaired) electrons. The zero-order valence-electron chi connectivity index (χ0n) is 11.8. The number of carboxylic acids is 1. The molecule has 3 unspecified atom stereocenters. The molecule has 3 rings (SSSR count). The van der Waals surface area contributed by atoms with E-state index in [2.05, 4.69) is 5.32 Å². The molecule has 110 valence electrons. The van der Waals surface area contributed by atoms with E-state index in [0.717, 1.165) is 29.7 Å². The van der Waals surface area contributed by atoms with Crippen LogP contribution in [0.15, 0.2) is 30.3 Å². The number of carbonyl (C=O) groups excluding carboxylic acids is 1. The molecule has 0 aliphatic heterocycles. The van der Waals surface area contributed by atoms with Gasteiger partial charge in [0, 0.05) is 17.7 Å². The molecule has 1 aromatic carbocycles. The van der Waals surface area contributed by atoms with E-state index in [1.54, 1.807) is 6.07 Å². The third kappa shape index (κ3) is 3.15. The highest BCUT2D eigenvalue weighted by atomic mass is 16.4. The molecule has 4 nitrogen and oxygen atoms in total. The van der Waals surface area contributed by atoms with Crippen molar-refractivity contribution in [3.8, 4) is 0 Å². The summed E-state index contributed by atoms with van der Waals surface area (Å²) in [6.45, 7) is 0. The molecule has 0 spiro atoms. The Balaban J connectivity index is 1.66. The van der Waals surface area contributed by atoms with Crippen molar-refractivity contribution in [2.75, 3.05) is 5.32 Å². The zero-order chi connectivity index (χ0) is 14.8. The summed E-state index contributed by atoms with van der Waals surface area (Å²) in [6.07, 6.45) is 7.31. The van der Waals surface area contributed by atoms with Crippen LogP contribution >= 0.6 is 0 Å². The van der Waals surface area contributed by atoms with Crippen LogP contribution in [0.5, 0.6) is 0 Å². The average molecular weight is 285 g/mol. The number of carbonyl (C=O) groups is 2. The lowest BCUT2D eigenvalue weighted by molar-refractivity contribution is -0.131. The predicted octanol–water partition coefficient (Wildman–Crippen LogP) is 3.16. The fourth-order valence-electron chi connectivity index (χ4n) is 3.69. The van der Waals surface area contributed by atoms with Crippen molar-refractivity contribution in [3.05, 3.63) is 35.9 Å². The number of rotatable bonds is 4. The maximum absolute atomic E-state index is 12.4. The fourth-order valence-corrected chi connectivity index (χ4v) is 3.69. The number of hydrogen-bond donors (Lipinski definition) is 2. The van der Waals surface area contributed by atoms with Gasteiger partial charge in [-0.2, -0.15) is 0 Å². The van der Waals surface area contributed by atoms with Crippen LogP contribution < -0.4 is 5.32 Å². The number of fused-ring (bicyclic) bond motifs is 2. The molecule has 2 saturated carbocycles. The quantitative estimate of drug-likeness (QED) is 0.835. The molecule has 2 N–H and O–H groups in total. The first-order chi connectivity index (χ1) is 10.1. The van der Waals surface area contributed by atoms with Crippen molar-refractivity contribution in [1.82, 2.24) is 0 Å². The van der Waals surface area contributed by atoms with E-state index in [9.17, 15) is 9.59 Å². The van der Waals surface area contributed by atoms with Crippen LogP contribution in [0.4, 0.5) is 5.69 Å². The Morgan fingerprint density at radius 3 is 2.76 bits per heavy atom. The Bertz CT molecular complexity index is 593. The second-order valence-corrected chi connectivity index (χ2v) is 6.07. The summed E-state index contributed by atoms with van der Waals surface area (Å²) in [4.78, 5) is 22.9. The highest BCUT2D eigenvalue weighted by molar-refractivity contribution is 5.93. The fraction of sp³-hybridized carbons (Fsp3) is 0.412. The largest absolute Gasteiger partial charge is 0.478 e. The Labute approximate surface area is 123 Å². The first-order valence-electron chi connectivity index (χ1n) is 7.44. The van der Waals surface area contributed by atoms with Crippen LogP contribution in [0.1, 0.15) is 31.2 Å². The summed E-state index contributed by atoms with van der Waals surface area (Å²) in [5.41, 5.74) is 1.50. The number of aliphatic carboxylic acids is 1. The number of anilines is 1. The SMILES string of the molecule is O=C(O)C=Cc1cccc(NC(=O)C2CC3CCC2C3)c1. The second kappa shape index (κ2) is 5.72. The molecule has 2 fully saturated rings. The molecule has 21 heavy (non-hydrogen) atoms. The Hall–Kier alpha value is -2.10. The molecule has 1 aromatic rings. The number of carboxylic acid groups (broad SMARTS) is 1. The van der Waals surface area contributed by atoms with E-state index in [1.807, 2.05) is 18.2 Å². The minimum atomic E-state index is -0.980. The Kier molecular flexibility index (Phi) is 3.78. The number of benzene rings is 1. The van der Waals surface area contributed by atoms with Gasteiger partial charge in [0.05, 0.1) is 0 Å². The van der Waals surface area contributed by atoms with Crippen molar-refractivity contribution < 1.29 is 14.7 Å². The van der Waals surface area contributed by atoms with E-state index < -0.39 is 5.97 Å². The molecule has 3 atom stereocenters. The highest BCUT2D eigenvalue weighted by Gasteiger charge is 2.42. The summed E-state index contributed by atoms with van der Waals surface area (Å²) in [7, 11) is 0. The number of amides is 1. The van der Waals surface area contributed by atoms with E-state index >= 15 is 0 Å². The molecule has 0 saturated heterocycles. The second-order valence-electron chi connectivity index (χ2n) is 6.07. The summed E-state index contributed by atoms with van der Waals surface area (Å²) >= 11 is 0. The van der Waals surface area contributed by atoms with Gasteiger partial charge in [-0.1, -0.05) is 18.6 Å². The molecule has 2 aliphatic rings. The van der Waals surface area contributed by atoms with Crippen molar-refractivity contribution in [1.29, 1.82) is 0 Å². The Morgan fingerprint density at radius 1 is 1.24 bits per heavy atom. The van der Waals surface area contributed by atoms with E-state index in [0.29, 0.717) is 5.92 Å². The molecular formula is C17H19NO3. The maximum Gasteiger partial charge on any atom is 0.328 e.